The van der Waals surface area contributed by atoms with Gasteiger partial charge in [-0.05, 0) is 12.8 Å². The fourth-order valence-corrected chi connectivity index (χ4v) is 2.01. The highest BCUT2D eigenvalue weighted by molar-refractivity contribution is 5.66. The minimum Gasteiger partial charge on any atom is -0.481 e. The van der Waals surface area contributed by atoms with Crippen molar-refractivity contribution < 1.29 is 19.8 Å². The second-order valence-corrected chi connectivity index (χ2v) is 6.01. The van der Waals surface area contributed by atoms with E-state index >= 15 is 0 Å². The number of carboxylic acids is 2. The van der Waals surface area contributed by atoms with Crippen molar-refractivity contribution in [1.82, 2.24) is 9.97 Å². The molecule has 1 heterocycles. The van der Waals surface area contributed by atoms with Crippen molar-refractivity contribution in [3.8, 4) is 0 Å². The molecule has 26 heavy (non-hydrogen) atoms. The number of unbranched alkanes of at least 4 members (excludes halogenated alkanes) is 8. The Hall–Kier alpha value is -1.98. The van der Waals surface area contributed by atoms with Crippen molar-refractivity contribution in [2.75, 3.05) is 0 Å². The number of hydrogen-bond acceptors (Lipinski definition) is 4. The van der Waals surface area contributed by atoms with Gasteiger partial charge in [0.25, 0.3) is 0 Å². The molecule has 0 saturated carbocycles. The third-order valence-corrected chi connectivity index (χ3v) is 3.47. The first-order valence-electron chi connectivity index (χ1n) is 9.68. The molecule has 0 fully saturated rings. The van der Waals surface area contributed by atoms with Crippen molar-refractivity contribution in [3.05, 3.63) is 24.8 Å². The van der Waals surface area contributed by atoms with Crippen LogP contribution < -0.4 is 0 Å². The molecule has 6 heteroatoms. The zero-order chi connectivity index (χ0) is 19.9. The topological polar surface area (TPSA) is 100 Å². The van der Waals surface area contributed by atoms with Crippen LogP contribution in [0.1, 0.15) is 90.9 Å². The Kier molecular flexibility index (Phi) is 23.2. The van der Waals surface area contributed by atoms with Gasteiger partial charge >= 0.3 is 11.9 Å². The van der Waals surface area contributed by atoms with Gasteiger partial charge in [0, 0.05) is 37.6 Å². The van der Waals surface area contributed by atoms with E-state index in [2.05, 4.69) is 23.8 Å². The van der Waals surface area contributed by atoms with Crippen LogP contribution in [0.2, 0.25) is 0 Å². The van der Waals surface area contributed by atoms with Crippen molar-refractivity contribution in [3.63, 3.8) is 0 Å². The molecule has 0 spiro atoms. The predicted molar refractivity (Wildman–Crippen MR) is 104 cm³/mol. The minimum absolute atomic E-state index is 0.337. The highest BCUT2D eigenvalue weighted by Gasteiger charge is 1.95. The summed E-state index contributed by atoms with van der Waals surface area (Å²) in [6, 6.07) is 0. The van der Waals surface area contributed by atoms with Gasteiger partial charge in [-0.15, -0.1) is 0 Å². The summed E-state index contributed by atoms with van der Waals surface area (Å²) >= 11 is 0. The summed E-state index contributed by atoms with van der Waals surface area (Å²) in [4.78, 5) is 27.5. The summed E-state index contributed by atoms with van der Waals surface area (Å²) in [5, 5.41) is 16.5. The van der Waals surface area contributed by atoms with Crippen LogP contribution in [0.15, 0.2) is 24.8 Å². The van der Waals surface area contributed by atoms with Gasteiger partial charge in [-0.2, -0.15) is 0 Å². The summed E-state index contributed by atoms with van der Waals surface area (Å²) in [6.07, 6.45) is 18.3. The molecule has 0 atom stereocenters. The van der Waals surface area contributed by atoms with Gasteiger partial charge in [-0.25, -0.2) is 0 Å². The first-order chi connectivity index (χ1) is 12.5. The van der Waals surface area contributed by atoms with E-state index in [4.69, 9.17) is 10.2 Å². The van der Waals surface area contributed by atoms with Crippen molar-refractivity contribution >= 4 is 11.9 Å². The fraction of sp³-hybridized carbons (Fsp3) is 0.700. The average molecular weight is 369 g/mol. The van der Waals surface area contributed by atoms with E-state index in [1.165, 1.54) is 38.5 Å². The lowest BCUT2D eigenvalue weighted by atomic mass is 10.1. The Labute approximate surface area is 158 Å². The first-order valence-corrected chi connectivity index (χ1v) is 9.68. The summed E-state index contributed by atoms with van der Waals surface area (Å²) in [5.41, 5.74) is 0. The molecule has 0 saturated heterocycles. The Morgan fingerprint density at radius 1 is 0.615 bits per heavy atom. The largest absolute Gasteiger partial charge is 0.481 e. The quantitative estimate of drug-likeness (QED) is 0.483. The van der Waals surface area contributed by atoms with Crippen LogP contribution in [0.25, 0.3) is 0 Å². The maximum Gasteiger partial charge on any atom is 0.303 e. The Morgan fingerprint density at radius 3 is 1.15 bits per heavy atom. The van der Waals surface area contributed by atoms with Crippen LogP contribution in [0.4, 0.5) is 0 Å². The van der Waals surface area contributed by atoms with Crippen LogP contribution in [-0.4, -0.2) is 32.1 Å². The van der Waals surface area contributed by atoms with E-state index in [0.29, 0.717) is 12.8 Å². The van der Waals surface area contributed by atoms with E-state index in [-0.39, 0.29) is 0 Å². The van der Waals surface area contributed by atoms with Crippen molar-refractivity contribution in [1.29, 1.82) is 0 Å². The zero-order valence-corrected chi connectivity index (χ0v) is 16.4. The standard InChI is InChI=1S/2C8H16O2.C4H4N2/c2*1-2-3-4-5-6-7-8(9)10;1-2-6-4-3-5-1/h2*2-7H2,1H3,(H,9,10);1-4H. The van der Waals surface area contributed by atoms with Gasteiger partial charge in [-0.3, -0.25) is 19.6 Å². The maximum absolute atomic E-state index is 10.0. The Balaban J connectivity index is 0. The molecule has 1 aromatic rings. The number of aromatic nitrogens is 2. The maximum atomic E-state index is 10.0. The van der Waals surface area contributed by atoms with Crippen LogP contribution in [0, 0.1) is 0 Å². The van der Waals surface area contributed by atoms with Gasteiger partial charge in [0.05, 0.1) is 0 Å². The molecule has 0 aromatic carbocycles. The summed E-state index contributed by atoms with van der Waals surface area (Å²) < 4.78 is 0. The van der Waals surface area contributed by atoms with Gasteiger partial charge < -0.3 is 10.2 Å². The predicted octanol–water partition coefficient (Wildman–Crippen LogP) is 5.34. The van der Waals surface area contributed by atoms with E-state index in [9.17, 15) is 9.59 Å². The molecule has 0 radical (unpaired) electrons. The van der Waals surface area contributed by atoms with Gasteiger partial charge in [-0.1, -0.05) is 65.2 Å². The molecular formula is C20H36N2O4. The number of carbonyl (C=O) groups is 2. The molecule has 0 unspecified atom stereocenters. The molecule has 0 aliphatic heterocycles. The second kappa shape index (κ2) is 23.0. The number of aliphatic carboxylic acids is 2. The van der Waals surface area contributed by atoms with Crippen molar-refractivity contribution in [2.45, 2.75) is 90.9 Å². The fourth-order valence-electron chi connectivity index (χ4n) is 2.01. The van der Waals surface area contributed by atoms with Crippen LogP contribution in [-0.2, 0) is 9.59 Å². The molecule has 0 aliphatic carbocycles. The summed E-state index contributed by atoms with van der Waals surface area (Å²) in [5.74, 6) is -1.34. The minimum atomic E-state index is -0.670. The van der Waals surface area contributed by atoms with E-state index < -0.39 is 11.9 Å². The SMILES string of the molecule is CCCCCCCC(=O)O.CCCCCCCC(=O)O.c1cnccn1. The van der Waals surface area contributed by atoms with E-state index in [1.807, 2.05) is 0 Å². The third-order valence-electron chi connectivity index (χ3n) is 3.47. The zero-order valence-electron chi connectivity index (χ0n) is 16.4. The van der Waals surface area contributed by atoms with Crippen LogP contribution in [0.5, 0.6) is 0 Å². The summed E-state index contributed by atoms with van der Waals surface area (Å²) in [7, 11) is 0. The number of rotatable bonds is 12. The lowest BCUT2D eigenvalue weighted by Crippen LogP contribution is -1.93. The normalized spacial score (nSPS) is 9.31. The summed E-state index contributed by atoms with van der Waals surface area (Å²) in [6.45, 7) is 4.30. The Morgan fingerprint density at radius 2 is 0.923 bits per heavy atom. The van der Waals surface area contributed by atoms with Crippen LogP contribution >= 0.6 is 0 Å². The molecule has 1 rings (SSSR count). The molecule has 0 amide bonds. The van der Waals surface area contributed by atoms with Gasteiger partial charge in [0.15, 0.2) is 0 Å². The van der Waals surface area contributed by atoms with Gasteiger partial charge in [0.2, 0.25) is 0 Å². The molecule has 0 aliphatic rings. The molecule has 1 aromatic heterocycles. The molecule has 6 nitrogen and oxygen atoms in total. The van der Waals surface area contributed by atoms with Crippen LogP contribution in [0.3, 0.4) is 0 Å². The lowest BCUT2D eigenvalue weighted by Gasteiger charge is -1.95. The smallest absolute Gasteiger partial charge is 0.303 e. The monoisotopic (exact) mass is 368 g/mol. The molecule has 2 N–H and O–H groups in total. The first kappa shape index (κ1) is 26.3. The second-order valence-electron chi connectivity index (χ2n) is 6.01. The molecule has 0 bridgehead atoms. The number of hydrogen-bond donors (Lipinski definition) is 2. The van der Waals surface area contributed by atoms with E-state index in [1.54, 1.807) is 24.8 Å². The third kappa shape index (κ3) is 30.0. The molecular weight excluding hydrogens is 332 g/mol. The van der Waals surface area contributed by atoms with Crippen molar-refractivity contribution in [2.24, 2.45) is 0 Å². The van der Waals surface area contributed by atoms with Gasteiger partial charge in [0.1, 0.15) is 0 Å². The highest BCUT2D eigenvalue weighted by Crippen LogP contribution is 2.04. The molecule has 150 valence electrons. The Bertz CT molecular complexity index is 363. The number of nitrogens with zero attached hydrogens (tertiary/aromatic N) is 2. The number of carboxylic acid groups (broad SMARTS) is 2. The average Bonchev–Trinajstić information content (AvgIpc) is 2.63. The van der Waals surface area contributed by atoms with E-state index in [0.717, 1.165) is 25.7 Å². The highest BCUT2D eigenvalue weighted by atomic mass is 16.4. The lowest BCUT2D eigenvalue weighted by molar-refractivity contribution is -0.138.